The first-order valence-electron chi connectivity index (χ1n) is 17.8. The summed E-state index contributed by atoms with van der Waals surface area (Å²) in [5.74, 6) is 2.08. The van der Waals surface area contributed by atoms with E-state index in [1.54, 1.807) is 0 Å². The summed E-state index contributed by atoms with van der Waals surface area (Å²) in [6.07, 6.45) is 8.79. The van der Waals surface area contributed by atoms with E-state index < -0.39 is 0 Å². The SMILES string of the molecule is Cc1cc(C)c(-n2cc[n+](-c3c(C)cc(C)cc3C)c2NCCNc2n(-c3c(C)cc(C)cc3C)cc[n+]2-c2c(C)cc(C)cc2C)c(C)c1. The number of hydrogen-bond acceptors (Lipinski definition) is 2. The molecule has 0 saturated carbocycles. The zero-order chi connectivity index (χ0) is 36.0. The van der Waals surface area contributed by atoms with Crippen LogP contribution in [-0.4, -0.2) is 22.2 Å². The minimum Gasteiger partial charge on any atom is -0.273 e. The Bertz CT molecular complexity index is 1840. The number of aromatic nitrogens is 4. The maximum Gasteiger partial charge on any atom is 0.367 e. The van der Waals surface area contributed by atoms with Crippen molar-refractivity contribution < 1.29 is 9.13 Å². The number of nitrogens with zero attached hydrogens (tertiary/aromatic N) is 4. The van der Waals surface area contributed by atoms with Crippen molar-refractivity contribution in [3.05, 3.63) is 140 Å². The van der Waals surface area contributed by atoms with Gasteiger partial charge in [0.2, 0.25) is 0 Å². The summed E-state index contributed by atoms with van der Waals surface area (Å²) in [4.78, 5) is 0. The van der Waals surface area contributed by atoms with Crippen LogP contribution in [0.1, 0.15) is 66.8 Å². The number of hydrogen-bond donors (Lipinski definition) is 2. The third-order valence-corrected chi connectivity index (χ3v) is 9.84. The highest BCUT2D eigenvalue weighted by atomic mass is 15.3. The van der Waals surface area contributed by atoms with Crippen LogP contribution in [0.25, 0.3) is 22.7 Å². The standard InChI is InChI=1S/C44H52N6/c1-27-19-31(5)39(32(6)20-27)47-15-16-48(40-33(7)21-28(2)22-34(40)8)43(47)45-13-14-46-44-49(41-35(9)23-29(3)24-36(41)10)17-18-50(44)42-37(11)25-30(4)26-38(42)12/h15-26H,13-14H2,1-12H3/p+2. The van der Waals surface area contributed by atoms with Gasteiger partial charge >= 0.3 is 11.9 Å². The predicted molar refractivity (Wildman–Crippen MR) is 208 cm³/mol. The molecule has 0 bridgehead atoms. The molecule has 0 fully saturated rings. The van der Waals surface area contributed by atoms with Crippen LogP contribution in [0.4, 0.5) is 11.9 Å². The van der Waals surface area contributed by atoms with Gasteiger partial charge in [-0.05, 0) is 128 Å². The summed E-state index contributed by atoms with van der Waals surface area (Å²) in [7, 11) is 0. The van der Waals surface area contributed by atoms with Gasteiger partial charge in [-0.2, -0.15) is 0 Å². The average Bonchev–Trinajstić information content (AvgIpc) is 3.57. The Morgan fingerprint density at radius 3 is 0.940 bits per heavy atom. The molecule has 50 heavy (non-hydrogen) atoms. The van der Waals surface area contributed by atoms with Crippen molar-refractivity contribution in [1.82, 2.24) is 9.13 Å². The third-order valence-electron chi connectivity index (χ3n) is 9.84. The molecule has 0 amide bonds. The minimum atomic E-state index is 0.709. The molecule has 0 aliphatic carbocycles. The maximum absolute atomic E-state index is 3.88. The lowest BCUT2D eigenvalue weighted by Crippen LogP contribution is -2.38. The molecule has 258 valence electrons. The second kappa shape index (κ2) is 13.7. The van der Waals surface area contributed by atoms with Gasteiger partial charge in [0.1, 0.15) is 47.5 Å². The van der Waals surface area contributed by atoms with Crippen LogP contribution in [0.5, 0.6) is 0 Å². The molecule has 2 aromatic heterocycles. The molecule has 6 heteroatoms. The van der Waals surface area contributed by atoms with Gasteiger partial charge in [0.05, 0.1) is 13.1 Å². The fourth-order valence-electron chi connectivity index (χ4n) is 8.40. The monoisotopic (exact) mass is 666 g/mol. The Morgan fingerprint density at radius 2 is 0.660 bits per heavy atom. The van der Waals surface area contributed by atoms with E-state index in [1.165, 1.54) is 89.5 Å². The van der Waals surface area contributed by atoms with Crippen molar-refractivity contribution >= 4 is 11.9 Å². The first-order valence-corrected chi connectivity index (χ1v) is 17.8. The van der Waals surface area contributed by atoms with Crippen LogP contribution in [0, 0.1) is 83.1 Å². The predicted octanol–water partition coefficient (Wildman–Crippen LogP) is 9.05. The molecule has 0 spiro atoms. The number of nitrogens with one attached hydrogen (secondary N) is 2. The van der Waals surface area contributed by atoms with E-state index in [1.807, 2.05) is 0 Å². The van der Waals surface area contributed by atoms with Gasteiger partial charge in [0.25, 0.3) is 0 Å². The zero-order valence-corrected chi connectivity index (χ0v) is 32.1. The van der Waals surface area contributed by atoms with Gasteiger partial charge in [-0.3, -0.25) is 10.6 Å². The second-order valence-electron chi connectivity index (χ2n) is 14.6. The van der Waals surface area contributed by atoms with E-state index in [-0.39, 0.29) is 0 Å². The highest BCUT2D eigenvalue weighted by molar-refractivity contribution is 5.55. The van der Waals surface area contributed by atoms with Crippen LogP contribution in [-0.2, 0) is 0 Å². The number of anilines is 2. The molecule has 2 N–H and O–H groups in total. The van der Waals surface area contributed by atoms with Crippen molar-refractivity contribution in [3.63, 3.8) is 0 Å². The molecule has 0 aliphatic heterocycles. The number of benzene rings is 4. The molecule has 6 rings (SSSR count). The summed E-state index contributed by atoms with van der Waals surface area (Å²) in [6.45, 7) is 27.8. The van der Waals surface area contributed by atoms with Gasteiger partial charge in [-0.1, -0.05) is 70.8 Å². The topological polar surface area (TPSA) is 41.7 Å². The maximum atomic E-state index is 3.88. The van der Waals surface area contributed by atoms with E-state index in [4.69, 9.17) is 0 Å². The van der Waals surface area contributed by atoms with Gasteiger partial charge in [0.15, 0.2) is 0 Å². The number of rotatable bonds is 9. The van der Waals surface area contributed by atoms with Crippen LogP contribution in [0.3, 0.4) is 0 Å². The number of aryl methyl sites for hydroxylation is 12. The fourth-order valence-corrected chi connectivity index (χ4v) is 8.40. The molecular formula is C44H54N6+2. The minimum absolute atomic E-state index is 0.709. The summed E-state index contributed by atoms with van der Waals surface area (Å²) in [5.41, 5.74) is 20.1. The van der Waals surface area contributed by atoms with Crippen LogP contribution >= 0.6 is 0 Å². The molecule has 0 unspecified atom stereocenters. The van der Waals surface area contributed by atoms with E-state index >= 15 is 0 Å². The fraction of sp³-hybridized carbons (Fsp3) is 0.318. The third kappa shape index (κ3) is 6.47. The van der Waals surface area contributed by atoms with Gasteiger partial charge in [0, 0.05) is 0 Å². The van der Waals surface area contributed by atoms with Gasteiger partial charge < -0.3 is 0 Å². The lowest BCUT2D eigenvalue weighted by atomic mass is 10.0. The van der Waals surface area contributed by atoms with Gasteiger partial charge in [-0.15, -0.1) is 0 Å². The van der Waals surface area contributed by atoms with Crippen LogP contribution < -0.4 is 19.8 Å². The molecule has 2 heterocycles. The summed E-state index contributed by atoms with van der Waals surface area (Å²) in [5, 5.41) is 7.77. The first kappa shape index (κ1) is 34.8. The average molecular weight is 667 g/mol. The molecule has 0 aliphatic rings. The number of imidazole rings is 2. The Kier molecular flexibility index (Phi) is 9.50. The lowest BCUT2D eigenvalue weighted by molar-refractivity contribution is -0.580. The first-order chi connectivity index (χ1) is 23.7. The normalized spacial score (nSPS) is 11.4. The van der Waals surface area contributed by atoms with Gasteiger partial charge in [-0.25, -0.2) is 18.3 Å². The Balaban J connectivity index is 1.41. The molecule has 0 atom stereocenters. The van der Waals surface area contributed by atoms with E-state index in [0.29, 0.717) is 13.1 Å². The Labute approximate surface area is 299 Å². The summed E-state index contributed by atoms with van der Waals surface area (Å²) >= 11 is 0. The summed E-state index contributed by atoms with van der Waals surface area (Å²) in [6, 6.07) is 18.2. The molecule has 6 nitrogen and oxygen atoms in total. The van der Waals surface area contributed by atoms with Crippen molar-refractivity contribution in [1.29, 1.82) is 0 Å². The molecule has 0 saturated heterocycles. The Hall–Kier alpha value is -5.10. The highest BCUT2D eigenvalue weighted by Gasteiger charge is 2.27. The quantitative estimate of drug-likeness (QED) is 0.119. The smallest absolute Gasteiger partial charge is 0.273 e. The van der Waals surface area contributed by atoms with Crippen LogP contribution in [0.2, 0.25) is 0 Å². The van der Waals surface area contributed by atoms with Crippen molar-refractivity contribution in [2.75, 3.05) is 23.7 Å². The van der Waals surface area contributed by atoms with Crippen molar-refractivity contribution in [2.45, 2.75) is 83.1 Å². The summed E-state index contributed by atoms with van der Waals surface area (Å²) < 4.78 is 9.29. The second-order valence-corrected chi connectivity index (χ2v) is 14.6. The lowest BCUT2D eigenvalue weighted by Gasteiger charge is -2.15. The van der Waals surface area contributed by atoms with E-state index in [9.17, 15) is 0 Å². The largest absolute Gasteiger partial charge is 0.367 e. The molecule has 4 aromatic carbocycles. The van der Waals surface area contributed by atoms with Crippen molar-refractivity contribution in [2.24, 2.45) is 0 Å². The molecular weight excluding hydrogens is 613 g/mol. The Morgan fingerprint density at radius 1 is 0.400 bits per heavy atom. The van der Waals surface area contributed by atoms with Crippen LogP contribution in [0.15, 0.2) is 73.3 Å². The highest BCUT2D eigenvalue weighted by Crippen LogP contribution is 2.28. The van der Waals surface area contributed by atoms with E-state index in [0.717, 1.165) is 11.9 Å². The van der Waals surface area contributed by atoms with E-state index in [2.05, 4.69) is 185 Å². The molecule has 0 radical (unpaired) electrons. The van der Waals surface area contributed by atoms with Crippen molar-refractivity contribution in [3.8, 4) is 22.7 Å². The molecule has 6 aromatic rings. The zero-order valence-electron chi connectivity index (χ0n) is 32.1.